The van der Waals surface area contributed by atoms with Crippen LogP contribution in [0.5, 0.6) is 0 Å². The fraction of sp³-hybridized carbons (Fsp3) is 0.893. The van der Waals surface area contributed by atoms with E-state index >= 15 is 0 Å². The van der Waals surface area contributed by atoms with Gasteiger partial charge < -0.3 is 18.4 Å². The van der Waals surface area contributed by atoms with Crippen LogP contribution < -0.4 is 0 Å². The number of aliphatic hydroxyl groups excluding tert-OH is 1. The largest absolute Gasteiger partial charge is 0.413 e. The van der Waals surface area contributed by atoms with Crippen LogP contribution in [-0.4, -0.2) is 57.7 Å². The minimum atomic E-state index is -2.06. The van der Waals surface area contributed by atoms with Gasteiger partial charge in [0.1, 0.15) is 12.1 Å². The Morgan fingerprint density at radius 1 is 1.14 bits per heavy atom. The first-order chi connectivity index (χ1) is 16.7. The van der Waals surface area contributed by atoms with Gasteiger partial charge >= 0.3 is 0 Å². The van der Waals surface area contributed by atoms with Gasteiger partial charge in [0.15, 0.2) is 27.8 Å². The number of rotatable bonds is 16. The molecule has 8 heteroatoms. The van der Waals surface area contributed by atoms with Crippen molar-refractivity contribution in [3.8, 4) is 0 Å². The van der Waals surface area contributed by atoms with Gasteiger partial charge in [-0.1, -0.05) is 93.0 Å². The van der Waals surface area contributed by atoms with Crippen LogP contribution in [0.2, 0.25) is 31.2 Å². The molecule has 1 aliphatic carbocycles. The first-order valence-electron chi connectivity index (χ1n) is 14.4. The Kier molecular flexibility index (Phi) is 14.0. The molecule has 0 amide bonds. The highest BCUT2D eigenvalue weighted by atomic mass is 28.4. The Balaban J connectivity index is 3.34. The molecule has 0 heterocycles. The number of carbonyl (C=O) groups is 1. The molecule has 0 aromatic heterocycles. The summed E-state index contributed by atoms with van der Waals surface area (Å²) in [6.45, 7) is 24.5. The molecule has 0 aliphatic heterocycles. The predicted molar refractivity (Wildman–Crippen MR) is 160 cm³/mol. The highest BCUT2D eigenvalue weighted by Crippen LogP contribution is 2.43. The molecule has 1 saturated carbocycles. The Morgan fingerprint density at radius 3 is 2.19 bits per heavy atom. The van der Waals surface area contributed by atoms with E-state index in [4.69, 9.17) is 13.3 Å². The van der Waals surface area contributed by atoms with Crippen molar-refractivity contribution in [1.82, 2.24) is 0 Å². The van der Waals surface area contributed by atoms with Gasteiger partial charge in [-0.3, -0.25) is 4.79 Å². The van der Waals surface area contributed by atoms with Gasteiger partial charge in [-0.25, -0.2) is 0 Å². The highest BCUT2D eigenvalue weighted by molar-refractivity contribution is 6.74. The first-order valence-corrected chi connectivity index (χ1v) is 21.3. The lowest BCUT2D eigenvalue weighted by atomic mass is 9.72. The van der Waals surface area contributed by atoms with Crippen molar-refractivity contribution in [3.05, 3.63) is 12.2 Å². The molecule has 0 aromatic rings. The summed E-state index contributed by atoms with van der Waals surface area (Å²) in [5.74, 6) is 0.491. The van der Waals surface area contributed by atoms with E-state index in [-0.39, 0.29) is 53.0 Å². The molecule has 0 aromatic carbocycles. The Morgan fingerprint density at radius 2 is 1.72 bits per heavy atom. The maximum atomic E-state index is 12.9. The Hall–Kier alpha value is -0.0994. The number of hydrogen-bond acceptors (Lipinski definition) is 5. The lowest BCUT2D eigenvalue weighted by Gasteiger charge is -2.41. The van der Waals surface area contributed by atoms with Crippen molar-refractivity contribution in [2.75, 3.05) is 6.61 Å². The summed E-state index contributed by atoms with van der Waals surface area (Å²) in [6.07, 6.45) is 9.31. The number of unbranched alkanes of at least 4 members (excludes halogenated alkanes) is 1. The molecule has 1 N–H and O–H groups in total. The molecule has 1 fully saturated rings. The van der Waals surface area contributed by atoms with E-state index < -0.39 is 27.8 Å². The summed E-state index contributed by atoms with van der Waals surface area (Å²) in [7, 11) is -3.29. The minimum absolute atomic E-state index is 0.0663. The number of allylic oxidation sites excluding steroid dienone is 1. The molecule has 5 unspecified atom stereocenters. The summed E-state index contributed by atoms with van der Waals surface area (Å²) in [5, 5.41) is 10.2. The zero-order valence-corrected chi connectivity index (χ0v) is 29.2. The van der Waals surface area contributed by atoms with E-state index in [9.17, 15) is 9.90 Å². The normalized spacial score (nSPS) is 25.1. The number of Topliss-reactive ketones (excluding diaryl/α,β-unsaturated/α-hetero) is 1. The number of carbonyl (C=O) groups excluding carboxylic acids is 1. The SMILES string of the molecule is CCCCC(C)CC(C=CC1C(O[Si](C)(C)C(C)(C)C)CC(=O)C1CO)C(C)(C)C(O[SiH2]C)O[SiH2]C. The van der Waals surface area contributed by atoms with Crippen molar-refractivity contribution >= 4 is 33.6 Å². The maximum absolute atomic E-state index is 12.9. The molecule has 1 aliphatic rings. The van der Waals surface area contributed by atoms with Gasteiger partial charge in [0.2, 0.25) is 0 Å². The second-order valence-electron chi connectivity index (χ2n) is 13.0. The third-order valence-corrected chi connectivity index (χ3v) is 14.4. The fourth-order valence-corrected chi connectivity index (χ4v) is 8.27. The molecule has 1 rings (SSSR count). The topological polar surface area (TPSA) is 65.0 Å². The van der Waals surface area contributed by atoms with E-state index in [2.05, 4.69) is 86.8 Å². The average molecular weight is 559 g/mol. The van der Waals surface area contributed by atoms with Gasteiger partial charge in [0.05, 0.1) is 12.7 Å². The fourth-order valence-electron chi connectivity index (χ4n) is 5.07. The van der Waals surface area contributed by atoms with E-state index in [1.54, 1.807) is 0 Å². The second-order valence-corrected chi connectivity index (χ2v) is 19.6. The van der Waals surface area contributed by atoms with E-state index in [0.29, 0.717) is 12.3 Å². The summed E-state index contributed by atoms with van der Waals surface area (Å²) < 4.78 is 19.3. The third-order valence-electron chi connectivity index (χ3n) is 8.63. The van der Waals surface area contributed by atoms with Crippen LogP contribution in [0.25, 0.3) is 0 Å². The molecular formula is C28H58O5Si3. The smallest absolute Gasteiger partial charge is 0.192 e. The molecule has 212 valence electrons. The summed E-state index contributed by atoms with van der Waals surface area (Å²) >= 11 is 0. The van der Waals surface area contributed by atoms with Gasteiger partial charge in [-0.2, -0.15) is 0 Å². The maximum Gasteiger partial charge on any atom is 0.192 e. The molecule has 0 bridgehead atoms. The lowest BCUT2D eigenvalue weighted by Crippen LogP contribution is -2.45. The molecule has 0 spiro atoms. The van der Waals surface area contributed by atoms with Crippen LogP contribution in [0, 0.1) is 29.1 Å². The van der Waals surface area contributed by atoms with E-state index in [0.717, 1.165) is 6.42 Å². The van der Waals surface area contributed by atoms with Gasteiger partial charge in [-0.15, -0.1) is 0 Å². The standard InChI is InChI=1S/C28H58O5Si3/c1-12-13-14-20(2)17-21(28(6,7)26(31-34-8)32-35-9)15-16-22-23(19-29)24(30)18-25(22)33-36(10,11)27(3,4)5/h15-16,20-23,25-26,29H,12-14,17-19,34-35H2,1-11H3. The first kappa shape index (κ1) is 33.9. The molecule has 0 saturated heterocycles. The number of hydrogen-bond donors (Lipinski definition) is 1. The second kappa shape index (κ2) is 14.9. The van der Waals surface area contributed by atoms with Crippen LogP contribution in [-0.2, 0) is 18.1 Å². The monoisotopic (exact) mass is 558 g/mol. The number of ketones is 1. The number of aliphatic hydroxyl groups is 1. The van der Waals surface area contributed by atoms with Crippen LogP contribution >= 0.6 is 0 Å². The highest BCUT2D eigenvalue weighted by Gasteiger charge is 2.47. The van der Waals surface area contributed by atoms with Crippen molar-refractivity contribution in [3.63, 3.8) is 0 Å². The van der Waals surface area contributed by atoms with Gasteiger partial charge in [0.25, 0.3) is 0 Å². The zero-order valence-electron chi connectivity index (χ0n) is 25.4. The van der Waals surface area contributed by atoms with Crippen molar-refractivity contribution in [1.29, 1.82) is 0 Å². The van der Waals surface area contributed by atoms with E-state index in [1.807, 2.05) is 0 Å². The third kappa shape index (κ3) is 9.27. The van der Waals surface area contributed by atoms with Crippen LogP contribution in [0.15, 0.2) is 12.2 Å². The zero-order chi connectivity index (χ0) is 27.7. The van der Waals surface area contributed by atoms with Crippen molar-refractivity contribution in [2.24, 2.45) is 29.1 Å². The summed E-state index contributed by atoms with van der Waals surface area (Å²) in [4.78, 5) is 12.9. The molecule has 36 heavy (non-hydrogen) atoms. The molecule has 5 atom stereocenters. The van der Waals surface area contributed by atoms with Crippen LogP contribution in [0.4, 0.5) is 0 Å². The van der Waals surface area contributed by atoms with Crippen LogP contribution in [0.3, 0.4) is 0 Å². The quantitative estimate of drug-likeness (QED) is 0.151. The Bertz CT molecular complexity index is 683. The average Bonchev–Trinajstić information content (AvgIpc) is 3.06. The van der Waals surface area contributed by atoms with Gasteiger partial charge in [0, 0.05) is 23.7 Å². The molecular weight excluding hydrogens is 501 g/mol. The van der Waals surface area contributed by atoms with E-state index in [1.165, 1.54) is 19.3 Å². The van der Waals surface area contributed by atoms with Crippen molar-refractivity contribution in [2.45, 2.75) is 124 Å². The lowest BCUT2D eigenvalue weighted by molar-refractivity contribution is -0.122. The predicted octanol–water partition coefficient (Wildman–Crippen LogP) is 5.61. The molecule has 0 radical (unpaired) electrons. The summed E-state index contributed by atoms with van der Waals surface area (Å²) in [6, 6.07) is 0. The molecule has 5 nitrogen and oxygen atoms in total. The van der Waals surface area contributed by atoms with Gasteiger partial charge in [-0.05, 0) is 36.4 Å². The minimum Gasteiger partial charge on any atom is -0.413 e. The van der Waals surface area contributed by atoms with Crippen molar-refractivity contribution < 1.29 is 23.2 Å². The summed E-state index contributed by atoms with van der Waals surface area (Å²) in [5.41, 5.74) is -0.184. The van der Waals surface area contributed by atoms with Crippen LogP contribution in [0.1, 0.15) is 80.6 Å². The Labute approximate surface area is 228 Å².